The van der Waals surface area contributed by atoms with Crippen LogP contribution in [-0.4, -0.2) is 6.61 Å². The van der Waals surface area contributed by atoms with Crippen LogP contribution in [0.4, 0.5) is 22.0 Å². The van der Waals surface area contributed by atoms with E-state index in [0.717, 1.165) is 59.4 Å². The summed E-state index contributed by atoms with van der Waals surface area (Å²) < 4.78 is 83.9. The Morgan fingerprint density at radius 1 is 0.846 bits per heavy atom. The van der Waals surface area contributed by atoms with E-state index in [0.29, 0.717) is 12.0 Å². The minimum atomic E-state index is -3.82. The molecule has 0 aromatic heterocycles. The third-order valence-electron chi connectivity index (χ3n) is 7.47. The van der Waals surface area contributed by atoms with Crippen molar-refractivity contribution in [3.05, 3.63) is 99.9 Å². The number of fused-ring (bicyclic) bond motifs is 1. The number of ether oxygens (including phenoxy) is 2. The molecule has 1 heterocycles. The van der Waals surface area contributed by atoms with Crippen LogP contribution in [0, 0.1) is 44.1 Å². The van der Waals surface area contributed by atoms with Crippen molar-refractivity contribution in [1.29, 1.82) is 0 Å². The molecule has 0 spiro atoms. The number of halogens is 5. The standard InChI is InChI=1S/C32H29F5O2/c1-17-5-10-28(38-16-17)22-11-18(2)29(19(3)12-22)21-6-8-24(9-7-21)32(36,37)39-25-13-23-14-26(33)20(4)31(35)30(23)27(34)15-25/h6-9,11-15,17,28H,5,10,16H2,1-4H3. The Bertz CT molecular complexity index is 1510. The highest BCUT2D eigenvalue weighted by molar-refractivity contribution is 5.86. The topological polar surface area (TPSA) is 18.5 Å². The number of benzene rings is 4. The van der Waals surface area contributed by atoms with Crippen molar-refractivity contribution in [2.45, 2.75) is 52.7 Å². The summed E-state index contributed by atoms with van der Waals surface area (Å²) in [5.74, 6) is -3.08. The van der Waals surface area contributed by atoms with Crippen molar-refractivity contribution >= 4 is 10.8 Å². The van der Waals surface area contributed by atoms with Crippen LogP contribution in [0.3, 0.4) is 0 Å². The number of alkyl halides is 2. The first kappa shape index (κ1) is 27.1. The van der Waals surface area contributed by atoms with E-state index in [4.69, 9.17) is 9.47 Å². The van der Waals surface area contributed by atoms with E-state index in [1.54, 1.807) is 12.1 Å². The highest BCUT2D eigenvalue weighted by Gasteiger charge is 2.35. The van der Waals surface area contributed by atoms with Gasteiger partial charge in [-0.05, 0) is 97.0 Å². The molecule has 2 nitrogen and oxygen atoms in total. The summed E-state index contributed by atoms with van der Waals surface area (Å²) >= 11 is 0. The average molecular weight is 541 g/mol. The minimum absolute atomic E-state index is 0.0582. The van der Waals surface area contributed by atoms with Crippen molar-refractivity contribution < 1.29 is 31.4 Å². The van der Waals surface area contributed by atoms with Gasteiger partial charge in [0.25, 0.3) is 0 Å². The molecule has 1 fully saturated rings. The zero-order chi connectivity index (χ0) is 28.1. The van der Waals surface area contributed by atoms with Gasteiger partial charge >= 0.3 is 6.11 Å². The van der Waals surface area contributed by atoms with Crippen LogP contribution < -0.4 is 4.74 Å². The lowest BCUT2D eigenvalue weighted by Gasteiger charge is -2.28. The Balaban J connectivity index is 1.39. The van der Waals surface area contributed by atoms with E-state index < -0.39 is 40.3 Å². The summed E-state index contributed by atoms with van der Waals surface area (Å²) in [7, 11) is 0. The molecule has 5 rings (SSSR count). The Hall–Kier alpha value is -3.45. The van der Waals surface area contributed by atoms with Crippen molar-refractivity contribution in [2.75, 3.05) is 6.61 Å². The quantitative estimate of drug-likeness (QED) is 0.235. The zero-order valence-corrected chi connectivity index (χ0v) is 22.2. The molecule has 4 aromatic carbocycles. The molecule has 0 aliphatic carbocycles. The van der Waals surface area contributed by atoms with Crippen LogP contribution in [-0.2, 0) is 10.8 Å². The summed E-state index contributed by atoms with van der Waals surface area (Å²) in [5.41, 5.74) is 4.09. The van der Waals surface area contributed by atoms with E-state index in [1.165, 1.54) is 19.1 Å². The smallest absolute Gasteiger partial charge is 0.426 e. The average Bonchev–Trinajstić information content (AvgIpc) is 2.87. The lowest BCUT2D eigenvalue weighted by Crippen LogP contribution is -2.22. The van der Waals surface area contributed by atoms with E-state index >= 15 is 8.78 Å². The fraction of sp³-hybridized carbons (Fsp3) is 0.312. The number of hydrogen-bond donors (Lipinski definition) is 0. The molecular weight excluding hydrogens is 511 g/mol. The lowest BCUT2D eigenvalue weighted by atomic mass is 9.89. The van der Waals surface area contributed by atoms with E-state index in [9.17, 15) is 13.2 Å². The number of rotatable bonds is 5. The Kier molecular flexibility index (Phi) is 7.14. The van der Waals surface area contributed by atoms with Crippen LogP contribution in [0.1, 0.15) is 53.7 Å². The molecular formula is C32H29F5O2. The van der Waals surface area contributed by atoms with Gasteiger partial charge in [-0.25, -0.2) is 13.2 Å². The van der Waals surface area contributed by atoms with Gasteiger partial charge < -0.3 is 9.47 Å². The van der Waals surface area contributed by atoms with Gasteiger partial charge in [-0.2, -0.15) is 8.78 Å². The number of hydrogen-bond acceptors (Lipinski definition) is 2. The molecule has 0 saturated carbocycles. The second-order valence-corrected chi connectivity index (χ2v) is 10.5. The summed E-state index contributed by atoms with van der Waals surface area (Å²) in [6.45, 7) is 8.07. The molecule has 4 aromatic rings. The van der Waals surface area contributed by atoms with E-state index in [1.807, 2.05) is 13.8 Å². The predicted molar refractivity (Wildman–Crippen MR) is 142 cm³/mol. The second-order valence-electron chi connectivity index (χ2n) is 10.5. The third kappa shape index (κ3) is 5.24. The molecule has 1 aliphatic rings. The first-order chi connectivity index (χ1) is 18.4. The summed E-state index contributed by atoms with van der Waals surface area (Å²) in [6.07, 6.45) is -1.68. The summed E-state index contributed by atoms with van der Waals surface area (Å²) in [4.78, 5) is 0. The zero-order valence-electron chi connectivity index (χ0n) is 22.2. The maximum atomic E-state index is 15.1. The van der Waals surface area contributed by atoms with Gasteiger partial charge in [0.05, 0.1) is 17.1 Å². The maximum absolute atomic E-state index is 15.1. The monoisotopic (exact) mass is 540 g/mol. The van der Waals surface area contributed by atoms with Crippen LogP contribution >= 0.6 is 0 Å². The molecule has 0 bridgehead atoms. The van der Waals surface area contributed by atoms with Crippen LogP contribution in [0.25, 0.3) is 21.9 Å². The number of aryl methyl sites for hydroxylation is 2. The fourth-order valence-corrected chi connectivity index (χ4v) is 5.37. The minimum Gasteiger partial charge on any atom is -0.429 e. The molecule has 39 heavy (non-hydrogen) atoms. The van der Waals surface area contributed by atoms with Crippen molar-refractivity contribution in [2.24, 2.45) is 5.92 Å². The van der Waals surface area contributed by atoms with Crippen LogP contribution in [0.15, 0.2) is 54.6 Å². The predicted octanol–water partition coefficient (Wildman–Crippen LogP) is 9.47. The van der Waals surface area contributed by atoms with Gasteiger partial charge in [0, 0.05) is 18.2 Å². The molecule has 0 N–H and O–H groups in total. The van der Waals surface area contributed by atoms with Crippen molar-refractivity contribution in [3.63, 3.8) is 0 Å². The molecule has 1 aliphatic heterocycles. The molecule has 2 atom stereocenters. The second kappa shape index (κ2) is 10.3. The molecule has 2 unspecified atom stereocenters. The first-order valence-corrected chi connectivity index (χ1v) is 12.9. The Morgan fingerprint density at radius 3 is 2.13 bits per heavy atom. The molecule has 0 amide bonds. The molecule has 1 saturated heterocycles. The Labute approximate surface area is 224 Å². The molecule has 0 radical (unpaired) electrons. The van der Waals surface area contributed by atoms with Gasteiger partial charge in [-0.15, -0.1) is 0 Å². The van der Waals surface area contributed by atoms with Crippen LogP contribution in [0.5, 0.6) is 5.75 Å². The summed E-state index contributed by atoms with van der Waals surface area (Å²) in [5, 5.41) is -0.686. The fourth-order valence-electron chi connectivity index (χ4n) is 5.37. The van der Waals surface area contributed by atoms with Crippen molar-refractivity contribution in [3.8, 4) is 16.9 Å². The van der Waals surface area contributed by atoms with Crippen LogP contribution in [0.2, 0.25) is 0 Å². The van der Waals surface area contributed by atoms with Gasteiger partial charge in [0.15, 0.2) is 0 Å². The van der Waals surface area contributed by atoms with E-state index in [-0.39, 0.29) is 17.1 Å². The SMILES string of the molecule is Cc1cc(C2CCC(C)CO2)cc(C)c1-c1ccc(C(F)(F)Oc2cc(F)c3c(F)c(C)c(F)cc3c2)cc1. The molecule has 204 valence electrons. The van der Waals surface area contributed by atoms with Gasteiger partial charge in [0.2, 0.25) is 0 Å². The first-order valence-electron chi connectivity index (χ1n) is 12.9. The van der Waals surface area contributed by atoms with E-state index in [2.05, 4.69) is 19.1 Å². The lowest BCUT2D eigenvalue weighted by molar-refractivity contribution is -0.185. The highest BCUT2D eigenvalue weighted by atomic mass is 19.3. The van der Waals surface area contributed by atoms with Crippen molar-refractivity contribution in [1.82, 2.24) is 0 Å². The maximum Gasteiger partial charge on any atom is 0.426 e. The largest absolute Gasteiger partial charge is 0.429 e. The molecule has 7 heteroatoms. The van der Waals surface area contributed by atoms with Gasteiger partial charge in [-0.1, -0.05) is 31.2 Å². The third-order valence-corrected chi connectivity index (χ3v) is 7.47. The normalized spacial score (nSPS) is 18.0. The van der Waals surface area contributed by atoms with Gasteiger partial charge in [-0.3, -0.25) is 0 Å². The summed E-state index contributed by atoms with van der Waals surface area (Å²) in [6, 6.07) is 12.5. The highest BCUT2D eigenvalue weighted by Crippen LogP contribution is 2.38. The van der Waals surface area contributed by atoms with Gasteiger partial charge in [0.1, 0.15) is 23.2 Å². The Morgan fingerprint density at radius 2 is 1.51 bits per heavy atom.